The van der Waals surface area contributed by atoms with Gasteiger partial charge in [0.1, 0.15) is 17.9 Å². The molecule has 0 aliphatic heterocycles. The Hall–Kier alpha value is -3.34. The van der Waals surface area contributed by atoms with E-state index in [0.29, 0.717) is 12.4 Å². The van der Waals surface area contributed by atoms with Crippen LogP contribution in [0.1, 0.15) is 21.5 Å². The first-order valence-electron chi connectivity index (χ1n) is 8.33. The molecule has 2 aromatic carbocycles. The summed E-state index contributed by atoms with van der Waals surface area (Å²) in [6.45, 7) is 0.729. The average molecular weight is 348 g/mol. The van der Waals surface area contributed by atoms with Gasteiger partial charge >= 0.3 is 0 Å². The van der Waals surface area contributed by atoms with Crippen LogP contribution in [0.2, 0.25) is 0 Å². The van der Waals surface area contributed by atoms with Crippen molar-refractivity contribution in [1.29, 1.82) is 0 Å². The van der Waals surface area contributed by atoms with Gasteiger partial charge in [-0.05, 0) is 23.8 Å². The number of nitrogens with zero attached hydrogens (tertiary/aromatic N) is 1. The lowest BCUT2D eigenvalue weighted by atomic mass is 10.2. The molecule has 0 unspecified atom stereocenters. The standard InChI is InChI=1S/C21H20N2O3/c1-23-13-7-11-18(21(23)25)20(24)22-14-17-10-5-6-12-19(17)26-15-16-8-3-2-4-9-16/h2-13H,14-15H2,1H3,(H,22,24). The second-order valence-electron chi connectivity index (χ2n) is 5.90. The highest BCUT2D eigenvalue weighted by Crippen LogP contribution is 2.19. The highest BCUT2D eigenvalue weighted by molar-refractivity contribution is 5.93. The van der Waals surface area contributed by atoms with E-state index >= 15 is 0 Å². The van der Waals surface area contributed by atoms with Crippen molar-refractivity contribution < 1.29 is 9.53 Å². The third-order valence-corrected chi connectivity index (χ3v) is 4.02. The maximum absolute atomic E-state index is 12.3. The topological polar surface area (TPSA) is 60.3 Å². The molecule has 0 saturated heterocycles. The third-order valence-electron chi connectivity index (χ3n) is 4.02. The van der Waals surface area contributed by atoms with Crippen LogP contribution in [-0.4, -0.2) is 10.5 Å². The number of aryl methyl sites for hydroxylation is 1. The van der Waals surface area contributed by atoms with Crippen LogP contribution in [0.5, 0.6) is 5.75 Å². The van der Waals surface area contributed by atoms with Crippen LogP contribution in [0.25, 0.3) is 0 Å². The fourth-order valence-electron chi connectivity index (χ4n) is 2.57. The van der Waals surface area contributed by atoms with Gasteiger partial charge in [0, 0.05) is 25.4 Å². The molecule has 0 spiro atoms. The van der Waals surface area contributed by atoms with Crippen LogP contribution in [0.3, 0.4) is 0 Å². The van der Waals surface area contributed by atoms with Crippen molar-refractivity contribution >= 4 is 5.91 Å². The molecule has 1 amide bonds. The van der Waals surface area contributed by atoms with Gasteiger partial charge in [-0.15, -0.1) is 0 Å². The molecule has 0 bridgehead atoms. The Labute approximate surface area is 151 Å². The van der Waals surface area contributed by atoms with Gasteiger partial charge in [-0.3, -0.25) is 9.59 Å². The number of carbonyl (C=O) groups is 1. The molecule has 3 rings (SSSR count). The van der Waals surface area contributed by atoms with Gasteiger partial charge < -0.3 is 14.6 Å². The van der Waals surface area contributed by atoms with Gasteiger partial charge in [0.2, 0.25) is 0 Å². The van der Waals surface area contributed by atoms with Crippen LogP contribution in [0.4, 0.5) is 0 Å². The van der Waals surface area contributed by atoms with E-state index in [9.17, 15) is 9.59 Å². The van der Waals surface area contributed by atoms with E-state index in [2.05, 4.69) is 5.32 Å². The van der Waals surface area contributed by atoms with Gasteiger partial charge in [0.25, 0.3) is 11.5 Å². The summed E-state index contributed by atoms with van der Waals surface area (Å²) >= 11 is 0. The summed E-state index contributed by atoms with van der Waals surface area (Å²) in [5, 5.41) is 2.79. The van der Waals surface area contributed by atoms with E-state index in [-0.39, 0.29) is 17.7 Å². The minimum absolute atomic E-state index is 0.123. The van der Waals surface area contributed by atoms with Gasteiger partial charge in [-0.1, -0.05) is 48.5 Å². The van der Waals surface area contributed by atoms with E-state index in [0.717, 1.165) is 11.1 Å². The molecule has 1 aromatic heterocycles. The monoisotopic (exact) mass is 348 g/mol. The minimum atomic E-state index is -0.399. The molecule has 132 valence electrons. The number of aromatic nitrogens is 1. The van der Waals surface area contributed by atoms with E-state index in [4.69, 9.17) is 4.74 Å². The van der Waals surface area contributed by atoms with Crippen molar-refractivity contribution in [2.24, 2.45) is 7.05 Å². The van der Waals surface area contributed by atoms with Gasteiger partial charge in [-0.25, -0.2) is 0 Å². The quantitative estimate of drug-likeness (QED) is 0.745. The number of carbonyl (C=O) groups excluding carboxylic acids is 1. The van der Waals surface area contributed by atoms with E-state index in [1.807, 2.05) is 54.6 Å². The zero-order valence-electron chi connectivity index (χ0n) is 14.5. The number of benzene rings is 2. The fourth-order valence-corrected chi connectivity index (χ4v) is 2.57. The van der Waals surface area contributed by atoms with Crippen LogP contribution >= 0.6 is 0 Å². The van der Waals surface area contributed by atoms with Crippen molar-refractivity contribution in [1.82, 2.24) is 9.88 Å². The molecule has 26 heavy (non-hydrogen) atoms. The first-order chi connectivity index (χ1) is 12.6. The summed E-state index contributed by atoms with van der Waals surface area (Å²) in [7, 11) is 1.62. The first kappa shape index (κ1) is 17.5. The molecular formula is C21H20N2O3. The van der Waals surface area contributed by atoms with Crippen molar-refractivity contribution in [2.45, 2.75) is 13.2 Å². The van der Waals surface area contributed by atoms with Gasteiger partial charge in [-0.2, -0.15) is 0 Å². The predicted octanol–water partition coefficient (Wildman–Crippen LogP) is 2.89. The van der Waals surface area contributed by atoms with Crippen molar-refractivity contribution in [3.63, 3.8) is 0 Å². The number of hydrogen-bond donors (Lipinski definition) is 1. The molecular weight excluding hydrogens is 328 g/mol. The van der Waals surface area contributed by atoms with E-state index < -0.39 is 5.91 Å². The molecule has 5 heteroatoms. The highest BCUT2D eigenvalue weighted by atomic mass is 16.5. The Kier molecular flexibility index (Phi) is 5.49. The number of para-hydroxylation sites is 1. The molecule has 0 atom stereocenters. The SMILES string of the molecule is Cn1cccc(C(=O)NCc2ccccc2OCc2ccccc2)c1=O. The molecule has 0 saturated carbocycles. The Morgan fingerprint density at radius 2 is 1.73 bits per heavy atom. The number of hydrogen-bond acceptors (Lipinski definition) is 3. The zero-order valence-corrected chi connectivity index (χ0v) is 14.5. The molecule has 5 nitrogen and oxygen atoms in total. The summed E-state index contributed by atoms with van der Waals surface area (Å²) in [5.41, 5.74) is 1.72. The predicted molar refractivity (Wildman–Crippen MR) is 100 cm³/mol. The summed E-state index contributed by atoms with van der Waals surface area (Å²) in [6, 6.07) is 20.6. The van der Waals surface area contributed by atoms with Crippen LogP contribution in [0, 0.1) is 0 Å². The Bertz CT molecular complexity index is 949. The number of nitrogens with one attached hydrogen (secondary N) is 1. The minimum Gasteiger partial charge on any atom is -0.489 e. The maximum atomic E-state index is 12.3. The first-order valence-corrected chi connectivity index (χ1v) is 8.33. The number of pyridine rings is 1. The largest absolute Gasteiger partial charge is 0.489 e. The molecule has 1 N–H and O–H groups in total. The number of amides is 1. The average Bonchev–Trinajstić information content (AvgIpc) is 2.68. The van der Waals surface area contributed by atoms with Gasteiger partial charge in [0.15, 0.2) is 0 Å². The van der Waals surface area contributed by atoms with Crippen molar-refractivity contribution in [2.75, 3.05) is 0 Å². The molecule has 3 aromatic rings. The molecule has 0 fully saturated rings. The number of ether oxygens (including phenoxy) is 1. The Morgan fingerprint density at radius 1 is 1.00 bits per heavy atom. The Balaban J connectivity index is 1.67. The number of rotatable bonds is 6. The maximum Gasteiger partial charge on any atom is 0.263 e. The normalized spacial score (nSPS) is 10.3. The van der Waals surface area contributed by atoms with Crippen LogP contribution < -0.4 is 15.6 Å². The van der Waals surface area contributed by atoms with Crippen molar-refractivity contribution in [3.8, 4) is 5.75 Å². The molecule has 0 aliphatic carbocycles. The molecule has 1 heterocycles. The smallest absolute Gasteiger partial charge is 0.263 e. The van der Waals surface area contributed by atoms with E-state index in [1.165, 1.54) is 10.6 Å². The van der Waals surface area contributed by atoms with Gasteiger partial charge in [0.05, 0.1) is 0 Å². The Morgan fingerprint density at radius 3 is 2.54 bits per heavy atom. The summed E-state index contributed by atoms with van der Waals surface area (Å²) in [4.78, 5) is 24.3. The van der Waals surface area contributed by atoms with E-state index in [1.54, 1.807) is 19.3 Å². The zero-order chi connectivity index (χ0) is 18.4. The fraction of sp³-hybridized carbons (Fsp3) is 0.143. The van der Waals surface area contributed by atoms with Crippen LogP contribution in [-0.2, 0) is 20.2 Å². The second kappa shape index (κ2) is 8.16. The highest BCUT2D eigenvalue weighted by Gasteiger charge is 2.12. The lowest BCUT2D eigenvalue weighted by Gasteiger charge is -2.12. The lowest BCUT2D eigenvalue weighted by molar-refractivity contribution is 0.0948. The third kappa shape index (κ3) is 4.19. The lowest BCUT2D eigenvalue weighted by Crippen LogP contribution is -2.31. The molecule has 0 aliphatic rings. The van der Waals surface area contributed by atoms with Crippen LogP contribution in [0.15, 0.2) is 77.7 Å². The second-order valence-corrected chi connectivity index (χ2v) is 5.90. The molecule has 0 radical (unpaired) electrons. The van der Waals surface area contributed by atoms with Crippen molar-refractivity contribution in [3.05, 3.63) is 100.0 Å². The summed E-state index contributed by atoms with van der Waals surface area (Å²) in [6.07, 6.45) is 1.62. The summed E-state index contributed by atoms with van der Waals surface area (Å²) in [5.74, 6) is 0.307. The summed E-state index contributed by atoms with van der Waals surface area (Å²) < 4.78 is 7.27.